The van der Waals surface area contributed by atoms with E-state index in [-0.39, 0.29) is 17.3 Å². The molecule has 22 heavy (non-hydrogen) atoms. The maximum Gasteiger partial charge on any atom is 0.573 e. The third-order valence-electron chi connectivity index (χ3n) is 2.43. The maximum absolute atomic E-state index is 12.3. The molecule has 0 aliphatic heterocycles. The van der Waals surface area contributed by atoms with Crippen molar-refractivity contribution >= 4 is 11.6 Å². The van der Waals surface area contributed by atoms with Gasteiger partial charge < -0.3 is 14.8 Å². The number of para-hydroxylation sites is 1. The normalized spacial score (nSPS) is 10.9. The molecule has 1 N–H and O–H groups in total. The predicted octanol–water partition coefficient (Wildman–Crippen LogP) is 2.64. The number of hydrogen-bond donors (Lipinski definition) is 1. The van der Waals surface area contributed by atoms with E-state index in [0.717, 1.165) is 6.07 Å². The van der Waals surface area contributed by atoms with Crippen molar-refractivity contribution < 1.29 is 27.4 Å². The largest absolute Gasteiger partial charge is 0.573 e. The van der Waals surface area contributed by atoms with Crippen molar-refractivity contribution in [3.63, 3.8) is 0 Å². The summed E-state index contributed by atoms with van der Waals surface area (Å²) in [7, 11) is 1.37. The second kappa shape index (κ2) is 6.29. The van der Waals surface area contributed by atoms with Crippen molar-refractivity contribution in [2.24, 2.45) is 0 Å². The zero-order chi connectivity index (χ0) is 16.2. The minimum atomic E-state index is -4.89. The molecule has 0 aliphatic carbocycles. The smallest absolute Gasteiger partial charge is 0.467 e. The number of amides is 1. The molecule has 0 bridgehead atoms. The van der Waals surface area contributed by atoms with E-state index in [0.29, 0.717) is 0 Å². The highest BCUT2D eigenvalue weighted by Crippen LogP contribution is 2.26. The first kappa shape index (κ1) is 15.5. The van der Waals surface area contributed by atoms with Gasteiger partial charge in [0.1, 0.15) is 5.75 Å². The second-order valence-corrected chi connectivity index (χ2v) is 3.96. The van der Waals surface area contributed by atoms with Gasteiger partial charge in [0.25, 0.3) is 5.91 Å². The first-order valence-corrected chi connectivity index (χ1v) is 5.91. The molecule has 116 valence electrons. The minimum Gasteiger partial charge on any atom is -0.467 e. The van der Waals surface area contributed by atoms with Crippen molar-refractivity contribution in [3.8, 4) is 11.8 Å². The van der Waals surface area contributed by atoms with Gasteiger partial charge in [-0.05, 0) is 12.1 Å². The third-order valence-corrected chi connectivity index (χ3v) is 2.43. The number of halogens is 3. The zero-order valence-corrected chi connectivity index (χ0v) is 11.2. The highest BCUT2D eigenvalue weighted by molar-refractivity contribution is 6.06. The first-order valence-electron chi connectivity index (χ1n) is 5.91. The fraction of sp³-hybridized carbons (Fsp3) is 0.154. The van der Waals surface area contributed by atoms with Gasteiger partial charge in [-0.2, -0.15) is 0 Å². The summed E-state index contributed by atoms with van der Waals surface area (Å²) in [5, 5.41) is 2.37. The van der Waals surface area contributed by atoms with Gasteiger partial charge in [0.2, 0.25) is 0 Å². The molecule has 0 fully saturated rings. The van der Waals surface area contributed by atoms with Gasteiger partial charge in [-0.25, -0.2) is 9.97 Å². The number of anilines is 1. The number of carbonyl (C=O) groups is 1. The lowest BCUT2D eigenvalue weighted by Gasteiger charge is -2.12. The number of rotatable bonds is 4. The summed E-state index contributed by atoms with van der Waals surface area (Å²) in [6.07, 6.45) is -2.37. The fourth-order valence-electron chi connectivity index (χ4n) is 1.55. The average Bonchev–Trinajstić information content (AvgIpc) is 2.47. The molecule has 1 heterocycles. The van der Waals surface area contributed by atoms with Crippen LogP contribution < -0.4 is 14.8 Å². The number of nitrogens with zero attached hydrogens (tertiary/aromatic N) is 2. The quantitative estimate of drug-likeness (QED) is 0.939. The molecule has 6 nitrogen and oxygen atoms in total. The number of alkyl halides is 3. The molecule has 0 unspecified atom stereocenters. The highest BCUT2D eigenvalue weighted by Gasteiger charge is 2.32. The van der Waals surface area contributed by atoms with Crippen molar-refractivity contribution in [1.82, 2.24) is 9.97 Å². The monoisotopic (exact) mass is 313 g/mol. The molecule has 0 saturated heterocycles. The Labute approximate surface area is 122 Å². The van der Waals surface area contributed by atoms with E-state index in [9.17, 15) is 18.0 Å². The summed E-state index contributed by atoms with van der Waals surface area (Å²) in [6.45, 7) is 0. The van der Waals surface area contributed by atoms with Crippen LogP contribution in [0.15, 0.2) is 36.7 Å². The Balaban J connectivity index is 2.18. The predicted molar refractivity (Wildman–Crippen MR) is 69.7 cm³/mol. The number of carbonyl (C=O) groups excluding carboxylic acids is 1. The molecule has 2 aromatic rings. The van der Waals surface area contributed by atoms with E-state index in [2.05, 4.69) is 20.0 Å². The van der Waals surface area contributed by atoms with E-state index in [1.54, 1.807) is 0 Å². The Hall–Kier alpha value is -2.84. The number of hydrogen-bond acceptors (Lipinski definition) is 5. The summed E-state index contributed by atoms with van der Waals surface area (Å²) >= 11 is 0. The minimum absolute atomic E-state index is 0.0961. The van der Waals surface area contributed by atoms with Gasteiger partial charge in [-0.1, -0.05) is 12.1 Å². The van der Waals surface area contributed by atoms with Crippen LogP contribution in [0.2, 0.25) is 0 Å². The number of aromatic nitrogens is 2. The molecular weight excluding hydrogens is 303 g/mol. The fourth-order valence-corrected chi connectivity index (χ4v) is 1.55. The Kier molecular flexibility index (Phi) is 4.44. The van der Waals surface area contributed by atoms with Crippen LogP contribution in [0.4, 0.5) is 18.9 Å². The summed E-state index contributed by atoms with van der Waals surface area (Å²) in [5.41, 5.74) is -0.0664. The van der Waals surface area contributed by atoms with Crippen LogP contribution in [0.3, 0.4) is 0 Å². The van der Waals surface area contributed by atoms with Crippen molar-refractivity contribution in [3.05, 3.63) is 42.2 Å². The summed E-state index contributed by atoms with van der Waals surface area (Å²) in [6, 6.07) is 5.10. The lowest BCUT2D eigenvalue weighted by atomic mass is 10.2. The number of benzene rings is 1. The van der Waals surface area contributed by atoms with Crippen LogP contribution in [-0.2, 0) is 0 Å². The molecule has 1 aromatic heterocycles. The van der Waals surface area contributed by atoms with Crippen molar-refractivity contribution in [2.45, 2.75) is 6.36 Å². The van der Waals surface area contributed by atoms with E-state index >= 15 is 0 Å². The van der Waals surface area contributed by atoms with Gasteiger partial charge in [0.15, 0.2) is 0 Å². The van der Waals surface area contributed by atoms with Crippen LogP contribution in [0, 0.1) is 0 Å². The van der Waals surface area contributed by atoms with Crippen molar-refractivity contribution in [2.75, 3.05) is 12.4 Å². The molecule has 0 radical (unpaired) electrons. The number of nitrogens with one attached hydrogen (secondary N) is 1. The molecule has 0 aliphatic rings. The Morgan fingerprint density at radius 3 is 2.41 bits per heavy atom. The van der Waals surface area contributed by atoms with Gasteiger partial charge in [-0.15, -0.1) is 13.2 Å². The standard InChI is InChI=1S/C13H10F3N3O3/c1-21-12-17-6-8(7-18-12)19-11(20)9-4-2-3-5-10(9)22-13(14,15)16/h2-7H,1H3,(H,19,20). The topological polar surface area (TPSA) is 73.3 Å². The number of ether oxygens (including phenoxy) is 2. The van der Waals surface area contributed by atoms with Gasteiger partial charge in [0, 0.05) is 0 Å². The SMILES string of the molecule is COc1ncc(NC(=O)c2ccccc2OC(F)(F)F)cn1. The van der Waals surface area contributed by atoms with Crippen molar-refractivity contribution in [1.29, 1.82) is 0 Å². The third kappa shape index (κ3) is 4.08. The molecule has 0 saturated carbocycles. The number of methoxy groups -OCH3 is 1. The second-order valence-electron chi connectivity index (χ2n) is 3.96. The van der Waals surface area contributed by atoms with E-state index in [4.69, 9.17) is 4.74 Å². The molecule has 0 atom stereocenters. The molecule has 1 amide bonds. The average molecular weight is 313 g/mol. The van der Waals surface area contributed by atoms with Gasteiger partial charge in [-0.3, -0.25) is 4.79 Å². The van der Waals surface area contributed by atoms with Gasteiger partial charge >= 0.3 is 12.4 Å². The summed E-state index contributed by atoms with van der Waals surface area (Å²) in [5.74, 6) is -1.38. The lowest BCUT2D eigenvalue weighted by Crippen LogP contribution is -2.21. The molecule has 2 rings (SSSR count). The van der Waals surface area contributed by atoms with Crippen LogP contribution in [0.25, 0.3) is 0 Å². The highest BCUT2D eigenvalue weighted by atomic mass is 19.4. The first-order chi connectivity index (χ1) is 10.4. The van der Waals surface area contributed by atoms with Crippen LogP contribution >= 0.6 is 0 Å². The molecule has 9 heteroatoms. The van der Waals surface area contributed by atoms with Gasteiger partial charge in [0.05, 0.1) is 30.8 Å². The maximum atomic E-state index is 12.3. The van der Waals surface area contributed by atoms with Crippen LogP contribution in [0.5, 0.6) is 11.8 Å². The summed E-state index contributed by atoms with van der Waals surface area (Å²) < 4.78 is 45.5. The molecule has 0 spiro atoms. The van der Waals surface area contributed by atoms with E-state index < -0.39 is 18.0 Å². The van der Waals surface area contributed by atoms with Crippen LogP contribution in [-0.4, -0.2) is 29.3 Å². The lowest BCUT2D eigenvalue weighted by molar-refractivity contribution is -0.274. The zero-order valence-electron chi connectivity index (χ0n) is 11.2. The summed E-state index contributed by atoms with van der Waals surface area (Å²) in [4.78, 5) is 19.6. The van der Waals surface area contributed by atoms with E-state index in [1.807, 2.05) is 0 Å². The Morgan fingerprint density at radius 2 is 1.82 bits per heavy atom. The Morgan fingerprint density at radius 1 is 1.18 bits per heavy atom. The molecular formula is C13H10F3N3O3. The molecule has 1 aromatic carbocycles. The van der Waals surface area contributed by atoms with Crippen LogP contribution in [0.1, 0.15) is 10.4 Å². The Bertz CT molecular complexity index is 660. The van der Waals surface area contributed by atoms with E-state index in [1.165, 1.54) is 37.7 Å².